The molecule has 0 radical (unpaired) electrons. The SMILES string of the molecule is CCCCCCCCCCC=CCCCC#CC(=O)n1c(O)ccc1O. The first-order chi connectivity index (χ1) is 12.7. The zero-order valence-corrected chi connectivity index (χ0v) is 16.0. The van der Waals surface area contributed by atoms with Crippen LogP contribution < -0.4 is 0 Å². The first-order valence-electron chi connectivity index (χ1n) is 9.94. The van der Waals surface area contributed by atoms with Gasteiger partial charge in [0.15, 0.2) is 0 Å². The van der Waals surface area contributed by atoms with Crippen LogP contribution in [0.2, 0.25) is 0 Å². The van der Waals surface area contributed by atoms with Crippen LogP contribution in [-0.4, -0.2) is 20.7 Å². The smallest absolute Gasteiger partial charge is 0.312 e. The van der Waals surface area contributed by atoms with Crippen molar-refractivity contribution >= 4 is 5.91 Å². The molecule has 0 amide bonds. The maximum absolute atomic E-state index is 11.7. The van der Waals surface area contributed by atoms with Crippen molar-refractivity contribution in [1.82, 2.24) is 4.57 Å². The Morgan fingerprint density at radius 1 is 0.923 bits per heavy atom. The summed E-state index contributed by atoms with van der Waals surface area (Å²) >= 11 is 0. The molecule has 26 heavy (non-hydrogen) atoms. The average Bonchev–Trinajstić information content (AvgIpc) is 2.96. The summed E-state index contributed by atoms with van der Waals surface area (Å²) in [6, 6.07) is 2.51. The van der Waals surface area contributed by atoms with E-state index >= 15 is 0 Å². The monoisotopic (exact) mass is 359 g/mol. The molecule has 1 heterocycles. The predicted molar refractivity (Wildman–Crippen MR) is 106 cm³/mol. The second-order valence-corrected chi connectivity index (χ2v) is 6.62. The number of aromatic nitrogens is 1. The number of carbonyl (C=O) groups is 1. The second-order valence-electron chi connectivity index (χ2n) is 6.62. The largest absolute Gasteiger partial charge is 0.494 e. The summed E-state index contributed by atoms with van der Waals surface area (Å²) in [6.45, 7) is 2.25. The highest BCUT2D eigenvalue weighted by molar-refractivity contribution is 5.97. The highest BCUT2D eigenvalue weighted by atomic mass is 16.3. The molecule has 0 saturated carbocycles. The van der Waals surface area contributed by atoms with E-state index in [9.17, 15) is 15.0 Å². The summed E-state index contributed by atoms with van der Waals surface area (Å²) in [5.41, 5.74) is 0. The van der Waals surface area contributed by atoms with Crippen LogP contribution in [-0.2, 0) is 0 Å². The number of hydrogen-bond donors (Lipinski definition) is 2. The van der Waals surface area contributed by atoms with Crippen molar-refractivity contribution in [1.29, 1.82) is 0 Å². The van der Waals surface area contributed by atoms with E-state index in [1.165, 1.54) is 63.5 Å². The molecule has 1 rings (SSSR count). The summed E-state index contributed by atoms with van der Waals surface area (Å²) in [7, 11) is 0. The van der Waals surface area contributed by atoms with Crippen molar-refractivity contribution in [3.8, 4) is 23.6 Å². The van der Waals surface area contributed by atoms with E-state index < -0.39 is 5.91 Å². The molecular weight excluding hydrogens is 326 g/mol. The number of aromatic hydroxyl groups is 2. The van der Waals surface area contributed by atoms with Crippen molar-refractivity contribution in [3.05, 3.63) is 24.3 Å². The third-order valence-electron chi connectivity index (χ3n) is 4.30. The quantitative estimate of drug-likeness (QED) is 0.282. The van der Waals surface area contributed by atoms with E-state index in [0.29, 0.717) is 6.42 Å². The van der Waals surface area contributed by atoms with Gasteiger partial charge in [-0.3, -0.25) is 4.79 Å². The van der Waals surface area contributed by atoms with Crippen LogP contribution in [0.15, 0.2) is 24.3 Å². The molecule has 0 aliphatic heterocycles. The minimum Gasteiger partial charge on any atom is -0.494 e. The Bertz CT molecular complexity index is 585. The Kier molecular flexibility index (Phi) is 11.8. The molecule has 0 spiro atoms. The minimum absolute atomic E-state index is 0.300. The lowest BCUT2D eigenvalue weighted by Gasteiger charge is -1.99. The van der Waals surface area contributed by atoms with Crippen LogP contribution in [0, 0.1) is 11.8 Å². The molecule has 0 fully saturated rings. The van der Waals surface area contributed by atoms with Crippen LogP contribution >= 0.6 is 0 Å². The lowest BCUT2D eigenvalue weighted by Crippen LogP contribution is -2.06. The van der Waals surface area contributed by atoms with E-state index in [1.807, 2.05) is 0 Å². The fraction of sp³-hybridized carbons (Fsp3) is 0.591. The Labute approximate surface area is 157 Å². The van der Waals surface area contributed by atoms with Gasteiger partial charge in [-0.2, -0.15) is 0 Å². The molecule has 1 aromatic rings. The molecule has 4 heteroatoms. The van der Waals surface area contributed by atoms with E-state index in [-0.39, 0.29) is 11.8 Å². The molecule has 0 atom stereocenters. The van der Waals surface area contributed by atoms with E-state index in [0.717, 1.165) is 23.8 Å². The van der Waals surface area contributed by atoms with Crippen molar-refractivity contribution < 1.29 is 15.0 Å². The van der Waals surface area contributed by atoms with Gasteiger partial charge in [-0.15, -0.1) is 0 Å². The Morgan fingerprint density at radius 3 is 2.08 bits per heavy atom. The van der Waals surface area contributed by atoms with E-state index in [2.05, 4.69) is 30.9 Å². The standard InChI is InChI=1S/C22H33NO3/c1-2-3-4-5-6-7-8-9-10-11-12-13-14-15-16-17-20(24)23-21(25)18-19-22(23)26/h11-12,18-19,25-26H,2-10,13-15H2,1H3. The van der Waals surface area contributed by atoms with Crippen molar-refractivity contribution in [2.24, 2.45) is 0 Å². The number of hydrogen-bond acceptors (Lipinski definition) is 3. The van der Waals surface area contributed by atoms with Gasteiger partial charge in [-0.25, -0.2) is 4.57 Å². The molecular formula is C22H33NO3. The maximum atomic E-state index is 11.7. The van der Waals surface area contributed by atoms with Crippen molar-refractivity contribution in [2.45, 2.75) is 84.0 Å². The molecule has 0 bridgehead atoms. The van der Waals surface area contributed by atoms with Gasteiger partial charge in [0, 0.05) is 18.6 Å². The summed E-state index contributed by atoms with van der Waals surface area (Å²) in [5, 5.41) is 18.9. The predicted octanol–water partition coefficient (Wildman–Crippen LogP) is 5.80. The number of rotatable bonds is 12. The maximum Gasteiger partial charge on any atom is 0.312 e. The fourth-order valence-electron chi connectivity index (χ4n) is 2.76. The highest BCUT2D eigenvalue weighted by Crippen LogP contribution is 2.20. The third kappa shape index (κ3) is 9.36. The van der Waals surface area contributed by atoms with Gasteiger partial charge >= 0.3 is 5.91 Å². The summed E-state index contributed by atoms with van der Waals surface area (Å²) < 4.78 is 0.788. The molecule has 144 valence electrons. The highest BCUT2D eigenvalue weighted by Gasteiger charge is 2.11. The summed E-state index contributed by atoms with van der Waals surface area (Å²) in [5.74, 6) is 4.02. The van der Waals surface area contributed by atoms with Crippen molar-refractivity contribution in [3.63, 3.8) is 0 Å². The lowest BCUT2D eigenvalue weighted by molar-refractivity contribution is 0.0962. The van der Waals surface area contributed by atoms with Crippen LogP contribution in [0.25, 0.3) is 0 Å². The van der Waals surface area contributed by atoms with Crippen LogP contribution in [0.5, 0.6) is 11.8 Å². The Hall–Kier alpha value is -2.15. The molecule has 2 N–H and O–H groups in total. The molecule has 0 unspecified atom stereocenters. The van der Waals surface area contributed by atoms with Gasteiger partial charge in [0.05, 0.1) is 0 Å². The zero-order valence-electron chi connectivity index (χ0n) is 16.0. The molecule has 4 nitrogen and oxygen atoms in total. The fourth-order valence-corrected chi connectivity index (χ4v) is 2.76. The molecule has 0 aliphatic carbocycles. The third-order valence-corrected chi connectivity index (χ3v) is 4.30. The van der Waals surface area contributed by atoms with Crippen LogP contribution in [0.3, 0.4) is 0 Å². The number of carbonyl (C=O) groups excluding carboxylic acids is 1. The van der Waals surface area contributed by atoms with Crippen LogP contribution in [0.4, 0.5) is 0 Å². The molecule has 1 aromatic heterocycles. The summed E-state index contributed by atoms with van der Waals surface area (Å²) in [6.07, 6.45) is 18.8. The van der Waals surface area contributed by atoms with Gasteiger partial charge in [-0.05, 0) is 31.6 Å². The lowest BCUT2D eigenvalue weighted by atomic mass is 10.1. The van der Waals surface area contributed by atoms with Gasteiger partial charge < -0.3 is 10.2 Å². The second kappa shape index (κ2) is 14.1. The topological polar surface area (TPSA) is 62.5 Å². The minimum atomic E-state index is -0.616. The van der Waals surface area contributed by atoms with Crippen LogP contribution in [0.1, 0.15) is 88.8 Å². The Balaban J connectivity index is 2.01. The first kappa shape index (κ1) is 21.9. The van der Waals surface area contributed by atoms with Gasteiger partial charge in [0.25, 0.3) is 0 Å². The normalized spacial score (nSPS) is 10.8. The number of nitrogens with zero attached hydrogens (tertiary/aromatic N) is 1. The molecule has 0 saturated heterocycles. The molecule has 0 aromatic carbocycles. The van der Waals surface area contributed by atoms with E-state index in [4.69, 9.17) is 0 Å². The zero-order chi connectivity index (χ0) is 19.0. The van der Waals surface area contributed by atoms with Gasteiger partial charge in [-0.1, -0.05) is 69.9 Å². The summed E-state index contributed by atoms with van der Waals surface area (Å²) in [4.78, 5) is 11.7. The Morgan fingerprint density at radius 2 is 1.46 bits per heavy atom. The van der Waals surface area contributed by atoms with Gasteiger partial charge in [0.1, 0.15) is 0 Å². The van der Waals surface area contributed by atoms with Crippen molar-refractivity contribution in [2.75, 3.05) is 0 Å². The average molecular weight is 360 g/mol. The van der Waals surface area contributed by atoms with Gasteiger partial charge in [0.2, 0.25) is 11.8 Å². The number of unbranched alkanes of at least 4 members (excludes halogenated alkanes) is 10. The number of allylic oxidation sites excluding steroid dienone is 2. The van der Waals surface area contributed by atoms with E-state index in [1.54, 1.807) is 0 Å². The first-order valence-corrected chi connectivity index (χ1v) is 9.94. The molecule has 0 aliphatic rings.